The van der Waals surface area contributed by atoms with Gasteiger partial charge in [0.15, 0.2) is 4.34 Å². The zero-order valence-electron chi connectivity index (χ0n) is 14.9. The standard InChI is InChI=1S/C18H24N2O3S2/c1-18(2,3)23-17(21)20-10-8-13(9-11-20)12-25(22)16-19-14-6-4-5-7-15(14)24-16/h4-7,13H,8-12H2,1-3H3/t25-/m0/s1. The van der Waals surface area contributed by atoms with Crippen LogP contribution in [-0.2, 0) is 15.5 Å². The third-order valence-corrected chi connectivity index (χ3v) is 7.02. The number of amides is 1. The van der Waals surface area contributed by atoms with Crippen molar-refractivity contribution < 1.29 is 13.7 Å². The SMILES string of the molecule is CC(C)(C)OC(=O)N1CCC(C[S@](=O)c2nc3ccccc3s2)CC1. The molecular weight excluding hydrogens is 356 g/mol. The van der Waals surface area contributed by atoms with Gasteiger partial charge >= 0.3 is 6.09 Å². The van der Waals surface area contributed by atoms with E-state index < -0.39 is 16.4 Å². The summed E-state index contributed by atoms with van der Waals surface area (Å²) in [5, 5.41) is 0. The first-order chi connectivity index (χ1) is 11.8. The Hall–Kier alpha value is -1.47. The minimum absolute atomic E-state index is 0.252. The van der Waals surface area contributed by atoms with Gasteiger partial charge in [-0.15, -0.1) is 11.3 Å². The van der Waals surface area contributed by atoms with E-state index in [1.165, 1.54) is 11.3 Å². The predicted octanol–water partition coefficient (Wildman–Crippen LogP) is 4.05. The van der Waals surface area contributed by atoms with Crippen LogP contribution >= 0.6 is 11.3 Å². The summed E-state index contributed by atoms with van der Waals surface area (Å²) >= 11 is 1.51. The summed E-state index contributed by atoms with van der Waals surface area (Å²) in [6.07, 6.45) is 1.46. The average Bonchev–Trinajstić information content (AvgIpc) is 2.98. The lowest BCUT2D eigenvalue weighted by molar-refractivity contribution is 0.0191. The normalized spacial score (nSPS) is 17.6. The number of nitrogens with zero attached hydrogens (tertiary/aromatic N) is 2. The minimum atomic E-state index is -1.08. The monoisotopic (exact) mass is 380 g/mol. The zero-order valence-corrected chi connectivity index (χ0v) is 16.5. The maximum atomic E-state index is 12.6. The second-order valence-corrected chi connectivity index (χ2v) is 10.1. The zero-order chi connectivity index (χ0) is 18.0. The summed E-state index contributed by atoms with van der Waals surface area (Å²) in [6.45, 7) is 6.95. The number of piperidine rings is 1. The molecule has 0 bridgehead atoms. The molecule has 0 saturated carbocycles. The first kappa shape index (κ1) is 18.3. The molecule has 1 aromatic carbocycles. The second-order valence-electron chi connectivity index (χ2n) is 7.37. The number of hydrogen-bond acceptors (Lipinski definition) is 5. The van der Waals surface area contributed by atoms with Crippen molar-refractivity contribution in [1.29, 1.82) is 0 Å². The molecule has 1 saturated heterocycles. The number of carbonyl (C=O) groups excluding carboxylic acids is 1. The molecule has 3 rings (SSSR count). The summed E-state index contributed by atoms with van der Waals surface area (Å²) in [6, 6.07) is 7.87. The van der Waals surface area contributed by atoms with Crippen molar-refractivity contribution in [1.82, 2.24) is 9.88 Å². The highest BCUT2D eigenvalue weighted by Crippen LogP contribution is 2.27. The van der Waals surface area contributed by atoms with Crippen molar-refractivity contribution in [2.24, 2.45) is 5.92 Å². The highest BCUT2D eigenvalue weighted by Gasteiger charge is 2.28. The van der Waals surface area contributed by atoms with Gasteiger partial charge in [-0.3, -0.25) is 4.21 Å². The Morgan fingerprint density at radius 3 is 2.64 bits per heavy atom. The van der Waals surface area contributed by atoms with Crippen LogP contribution in [0.15, 0.2) is 28.6 Å². The van der Waals surface area contributed by atoms with Crippen LogP contribution in [0.5, 0.6) is 0 Å². The van der Waals surface area contributed by atoms with E-state index in [1.807, 2.05) is 45.0 Å². The number of rotatable bonds is 3. The van der Waals surface area contributed by atoms with E-state index in [2.05, 4.69) is 4.98 Å². The molecule has 136 valence electrons. The molecule has 7 heteroatoms. The molecule has 1 aliphatic heterocycles. The molecule has 1 aliphatic rings. The van der Waals surface area contributed by atoms with Gasteiger partial charge in [-0.1, -0.05) is 12.1 Å². The maximum absolute atomic E-state index is 12.6. The van der Waals surface area contributed by atoms with Crippen LogP contribution in [0.25, 0.3) is 10.2 Å². The van der Waals surface area contributed by atoms with Crippen LogP contribution in [0.3, 0.4) is 0 Å². The first-order valence-corrected chi connectivity index (χ1v) is 10.7. The predicted molar refractivity (Wildman–Crippen MR) is 101 cm³/mol. The van der Waals surface area contributed by atoms with Crippen LogP contribution < -0.4 is 0 Å². The van der Waals surface area contributed by atoms with E-state index in [0.29, 0.717) is 29.1 Å². The van der Waals surface area contributed by atoms with E-state index in [0.717, 1.165) is 23.1 Å². The third-order valence-electron chi connectivity index (χ3n) is 4.12. The lowest BCUT2D eigenvalue weighted by atomic mass is 9.99. The summed E-state index contributed by atoms with van der Waals surface area (Å²) < 4.78 is 19.8. The lowest BCUT2D eigenvalue weighted by Gasteiger charge is -2.33. The van der Waals surface area contributed by atoms with Crippen LogP contribution in [0.1, 0.15) is 33.6 Å². The molecule has 25 heavy (non-hydrogen) atoms. The van der Waals surface area contributed by atoms with Crippen LogP contribution in [0, 0.1) is 5.92 Å². The van der Waals surface area contributed by atoms with Crippen LogP contribution in [0.2, 0.25) is 0 Å². The molecule has 2 aromatic rings. The Labute approximate surface area is 154 Å². The fourth-order valence-corrected chi connectivity index (χ4v) is 5.49. The van der Waals surface area contributed by atoms with Crippen molar-refractivity contribution in [2.75, 3.05) is 18.8 Å². The van der Waals surface area contributed by atoms with Gasteiger partial charge in [0, 0.05) is 18.8 Å². The number of ether oxygens (including phenoxy) is 1. The Morgan fingerprint density at radius 1 is 1.32 bits per heavy atom. The number of carbonyl (C=O) groups is 1. The van der Waals surface area contributed by atoms with Crippen molar-refractivity contribution in [2.45, 2.75) is 43.6 Å². The minimum Gasteiger partial charge on any atom is -0.444 e. The van der Waals surface area contributed by atoms with Gasteiger partial charge in [-0.25, -0.2) is 9.78 Å². The van der Waals surface area contributed by atoms with E-state index in [9.17, 15) is 9.00 Å². The van der Waals surface area contributed by atoms with Crippen molar-refractivity contribution in [3.05, 3.63) is 24.3 Å². The van der Waals surface area contributed by atoms with E-state index in [-0.39, 0.29) is 6.09 Å². The molecule has 1 aromatic heterocycles. The van der Waals surface area contributed by atoms with Gasteiger partial charge in [0.25, 0.3) is 0 Å². The molecular formula is C18H24N2O3S2. The van der Waals surface area contributed by atoms with Gasteiger partial charge in [0.05, 0.1) is 21.0 Å². The number of fused-ring (bicyclic) bond motifs is 1. The summed E-state index contributed by atoms with van der Waals surface area (Å²) in [5.41, 5.74) is 0.443. The number of para-hydroxylation sites is 1. The van der Waals surface area contributed by atoms with Crippen LogP contribution in [0.4, 0.5) is 4.79 Å². The molecule has 0 spiro atoms. The molecule has 1 amide bonds. The van der Waals surface area contributed by atoms with E-state index in [4.69, 9.17) is 4.74 Å². The highest BCUT2D eigenvalue weighted by molar-refractivity contribution is 7.87. The van der Waals surface area contributed by atoms with Gasteiger partial charge in [-0.2, -0.15) is 0 Å². The summed E-state index contributed by atoms with van der Waals surface area (Å²) in [4.78, 5) is 18.3. The van der Waals surface area contributed by atoms with Crippen molar-refractivity contribution >= 4 is 38.4 Å². The molecule has 5 nitrogen and oxygen atoms in total. The molecule has 2 heterocycles. The quantitative estimate of drug-likeness (QED) is 0.806. The Balaban J connectivity index is 1.53. The molecule has 0 unspecified atom stereocenters. The lowest BCUT2D eigenvalue weighted by Crippen LogP contribution is -2.42. The second kappa shape index (κ2) is 7.41. The maximum Gasteiger partial charge on any atom is 0.410 e. The number of aromatic nitrogens is 1. The van der Waals surface area contributed by atoms with Crippen molar-refractivity contribution in [3.63, 3.8) is 0 Å². The molecule has 0 radical (unpaired) electrons. The van der Waals surface area contributed by atoms with Gasteiger partial charge in [0.1, 0.15) is 5.60 Å². The fraction of sp³-hybridized carbons (Fsp3) is 0.556. The molecule has 0 aliphatic carbocycles. The van der Waals surface area contributed by atoms with E-state index >= 15 is 0 Å². The summed E-state index contributed by atoms with van der Waals surface area (Å²) in [5.74, 6) is 0.966. The summed E-state index contributed by atoms with van der Waals surface area (Å²) in [7, 11) is -1.08. The highest BCUT2D eigenvalue weighted by atomic mass is 32.2. The first-order valence-electron chi connectivity index (χ1n) is 8.54. The Kier molecular flexibility index (Phi) is 5.43. The largest absolute Gasteiger partial charge is 0.444 e. The number of thiazole rings is 1. The van der Waals surface area contributed by atoms with Gasteiger partial charge < -0.3 is 9.64 Å². The van der Waals surface area contributed by atoms with Crippen molar-refractivity contribution in [3.8, 4) is 0 Å². The number of benzene rings is 1. The molecule has 0 N–H and O–H groups in total. The third kappa shape index (κ3) is 4.79. The van der Waals surface area contributed by atoms with Gasteiger partial charge in [-0.05, 0) is 51.7 Å². The Bertz CT molecular complexity index is 741. The topological polar surface area (TPSA) is 59.5 Å². The smallest absolute Gasteiger partial charge is 0.410 e. The molecule has 1 fully saturated rings. The van der Waals surface area contributed by atoms with E-state index in [1.54, 1.807) is 4.90 Å². The number of likely N-dealkylation sites (tertiary alicyclic amines) is 1. The Morgan fingerprint density at radius 2 is 2.00 bits per heavy atom. The average molecular weight is 381 g/mol. The number of hydrogen-bond donors (Lipinski definition) is 0. The molecule has 1 atom stereocenters. The fourth-order valence-electron chi connectivity index (χ4n) is 2.84. The van der Waals surface area contributed by atoms with Crippen LogP contribution in [-0.4, -0.2) is 44.6 Å². The van der Waals surface area contributed by atoms with Gasteiger partial charge in [0.2, 0.25) is 0 Å².